The third-order valence-corrected chi connectivity index (χ3v) is 6.43. The number of piperidine rings is 1. The second kappa shape index (κ2) is 9.16. The minimum absolute atomic E-state index is 0.0312. The van der Waals surface area contributed by atoms with Crippen LogP contribution < -0.4 is 19.5 Å². The number of benzene rings is 2. The molecule has 1 aliphatic carbocycles. The molecule has 7 heteroatoms. The number of hydrogen-bond donors (Lipinski definition) is 2. The molecule has 2 aromatic carbocycles. The summed E-state index contributed by atoms with van der Waals surface area (Å²) in [6.45, 7) is 1.62. The second-order valence-corrected chi connectivity index (χ2v) is 8.08. The van der Waals surface area contributed by atoms with Crippen LogP contribution in [0.15, 0.2) is 36.4 Å². The monoisotopic (exact) mass is 426 g/mol. The molecule has 0 bridgehead atoms. The van der Waals surface area contributed by atoms with Crippen molar-refractivity contribution in [2.45, 2.75) is 37.5 Å². The van der Waals surface area contributed by atoms with E-state index in [4.69, 9.17) is 14.2 Å². The van der Waals surface area contributed by atoms with Crippen LogP contribution in [-0.2, 0) is 6.42 Å². The summed E-state index contributed by atoms with van der Waals surface area (Å²) in [5.41, 5.74) is 2.48. The predicted octanol–water partition coefficient (Wildman–Crippen LogP) is 2.56. The van der Waals surface area contributed by atoms with Crippen LogP contribution in [0.25, 0.3) is 0 Å². The van der Waals surface area contributed by atoms with E-state index in [0.29, 0.717) is 29.2 Å². The Hall–Kier alpha value is -2.77. The quantitative estimate of drug-likeness (QED) is 0.739. The van der Waals surface area contributed by atoms with E-state index in [-0.39, 0.29) is 18.0 Å². The summed E-state index contributed by atoms with van der Waals surface area (Å²) in [6, 6.07) is 11.3. The number of ether oxygens (including phenoxy) is 3. The van der Waals surface area contributed by atoms with Gasteiger partial charge in [0.05, 0.1) is 27.4 Å². The highest BCUT2D eigenvalue weighted by Crippen LogP contribution is 2.49. The lowest BCUT2D eigenvalue weighted by Crippen LogP contribution is -2.49. The van der Waals surface area contributed by atoms with Gasteiger partial charge in [-0.05, 0) is 43.0 Å². The Morgan fingerprint density at radius 3 is 2.32 bits per heavy atom. The van der Waals surface area contributed by atoms with Crippen molar-refractivity contribution in [3.63, 3.8) is 0 Å². The van der Waals surface area contributed by atoms with Gasteiger partial charge in [0.2, 0.25) is 5.75 Å². The third kappa shape index (κ3) is 4.07. The fraction of sp³-hybridized carbons (Fsp3) is 0.458. The SMILES string of the molecule is COc1cc2c(c(OC)c1OC)C[C@H](N1CCC(NC(=O)c3ccccc3)CC1)[C@@H]2O. The van der Waals surface area contributed by atoms with E-state index < -0.39 is 6.10 Å². The van der Waals surface area contributed by atoms with Gasteiger partial charge < -0.3 is 24.6 Å². The number of hydrogen-bond acceptors (Lipinski definition) is 6. The zero-order chi connectivity index (χ0) is 22.0. The van der Waals surface area contributed by atoms with Gasteiger partial charge in [-0.25, -0.2) is 0 Å². The van der Waals surface area contributed by atoms with E-state index in [0.717, 1.165) is 37.1 Å². The van der Waals surface area contributed by atoms with Crippen molar-refractivity contribution in [1.82, 2.24) is 10.2 Å². The molecule has 1 saturated heterocycles. The highest BCUT2D eigenvalue weighted by molar-refractivity contribution is 5.94. The summed E-state index contributed by atoms with van der Waals surface area (Å²) < 4.78 is 16.6. The molecule has 1 aliphatic heterocycles. The normalized spacial score (nSPS) is 21.4. The number of carbonyl (C=O) groups is 1. The molecular weight excluding hydrogens is 396 g/mol. The summed E-state index contributed by atoms with van der Waals surface area (Å²) in [5, 5.41) is 14.2. The van der Waals surface area contributed by atoms with Crippen molar-refractivity contribution in [2.75, 3.05) is 34.4 Å². The molecule has 1 heterocycles. The molecule has 2 N–H and O–H groups in total. The summed E-state index contributed by atoms with van der Waals surface area (Å²) in [6.07, 6.45) is 1.75. The Kier molecular flexibility index (Phi) is 6.34. The summed E-state index contributed by atoms with van der Waals surface area (Å²) in [7, 11) is 4.78. The number of aliphatic hydroxyl groups is 1. The number of nitrogens with zero attached hydrogens (tertiary/aromatic N) is 1. The molecule has 2 aliphatic rings. The average Bonchev–Trinajstić information content (AvgIpc) is 3.14. The number of rotatable bonds is 6. The number of amides is 1. The fourth-order valence-corrected chi connectivity index (χ4v) is 4.80. The van der Waals surface area contributed by atoms with Gasteiger partial charge in [0, 0.05) is 36.3 Å². The van der Waals surface area contributed by atoms with Gasteiger partial charge in [0.15, 0.2) is 11.5 Å². The Morgan fingerprint density at radius 1 is 1.03 bits per heavy atom. The van der Waals surface area contributed by atoms with Crippen LogP contribution in [0.5, 0.6) is 17.2 Å². The third-order valence-electron chi connectivity index (χ3n) is 6.43. The smallest absolute Gasteiger partial charge is 0.251 e. The molecule has 0 spiro atoms. The lowest BCUT2D eigenvalue weighted by Gasteiger charge is -2.37. The summed E-state index contributed by atoms with van der Waals surface area (Å²) in [4.78, 5) is 14.8. The van der Waals surface area contributed by atoms with E-state index >= 15 is 0 Å². The number of likely N-dealkylation sites (tertiary alicyclic amines) is 1. The number of carbonyl (C=O) groups excluding carboxylic acids is 1. The van der Waals surface area contributed by atoms with Gasteiger partial charge in [-0.15, -0.1) is 0 Å². The average molecular weight is 427 g/mol. The first-order chi connectivity index (χ1) is 15.1. The van der Waals surface area contributed by atoms with Crippen LogP contribution in [0.1, 0.15) is 40.4 Å². The van der Waals surface area contributed by atoms with Crippen LogP contribution >= 0.6 is 0 Å². The molecular formula is C24H30N2O5. The van der Waals surface area contributed by atoms with Crippen LogP contribution in [-0.4, -0.2) is 62.4 Å². The number of aliphatic hydroxyl groups excluding tert-OH is 1. The van der Waals surface area contributed by atoms with E-state index in [2.05, 4.69) is 10.2 Å². The van der Waals surface area contributed by atoms with Crippen molar-refractivity contribution in [3.05, 3.63) is 53.1 Å². The fourth-order valence-electron chi connectivity index (χ4n) is 4.80. The largest absolute Gasteiger partial charge is 0.493 e. The number of fused-ring (bicyclic) bond motifs is 1. The Morgan fingerprint density at radius 2 is 1.71 bits per heavy atom. The zero-order valence-electron chi connectivity index (χ0n) is 18.3. The Bertz CT molecular complexity index is 925. The molecule has 2 aromatic rings. The molecule has 166 valence electrons. The number of methoxy groups -OCH3 is 3. The molecule has 7 nitrogen and oxygen atoms in total. The first kappa shape index (κ1) is 21.5. The second-order valence-electron chi connectivity index (χ2n) is 8.08. The van der Waals surface area contributed by atoms with Gasteiger partial charge in [0.25, 0.3) is 5.91 Å². The predicted molar refractivity (Wildman–Crippen MR) is 117 cm³/mol. The first-order valence-electron chi connectivity index (χ1n) is 10.7. The van der Waals surface area contributed by atoms with Crippen LogP contribution in [0.2, 0.25) is 0 Å². The minimum Gasteiger partial charge on any atom is -0.493 e. The Labute approximate surface area is 182 Å². The van der Waals surface area contributed by atoms with Crippen molar-refractivity contribution in [1.29, 1.82) is 0 Å². The molecule has 0 aromatic heterocycles. The molecule has 0 saturated carbocycles. The standard InChI is InChI=1S/C24H30N2O5/c1-29-20-14-17-18(22(30-2)23(20)31-3)13-19(21(17)27)26-11-9-16(10-12-26)25-24(28)15-7-5-4-6-8-15/h4-8,14,16,19,21,27H,9-13H2,1-3H3,(H,25,28)/t19-,21+/m0/s1. The molecule has 4 rings (SSSR count). The van der Waals surface area contributed by atoms with Crippen LogP contribution in [0.4, 0.5) is 0 Å². The van der Waals surface area contributed by atoms with Gasteiger partial charge in [0.1, 0.15) is 0 Å². The lowest BCUT2D eigenvalue weighted by atomic mass is 10.0. The minimum atomic E-state index is -0.626. The highest BCUT2D eigenvalue weighted by Gasteiger charge is 2.40. The summed E-state index contributed by atoms with van der Waals surface area (Å²) in [5.74, 6) is 1.71. The van der Waals surface area contributed by atoms with Gasteiger partial charge >= 0.3 is 0 Å². The topological polar surface area (TPSA) is 80.3 Å². The molecule has 0 unspecified atom stereocenters. The molecule has 1 amide bonds. The van der Waals surface area contributed by atoms with Crippen molar-refractivity contribution in [2.24, 2.45) is 0 Å². The maximum atomic E-state index is 12.4. The molecule has 1 fully saturated rings. The molecule has 0 radical (unpaired) electrons. The zero-order valence-corrected chi connectivity index (χ0v) is 18.3. The van der Waals surface area contributed by atoms with Crippen molar-refractivity contribution >= 4 is 5.91 Å². The van der Waals surface area contributed by atoms with E-state index in [1.807, 2.05) is 36.4 Å². The first-order valence-corrected chi connectivity index (χ1v) is 10.7. The highest BCUT2D eigenvalue weighted by atomic mass is 16.5. The van der Waals surface area contributed by atoms with Gasteiger partial charge in [-0.3, -0.25) is 9.69 Å². The molecule has 31 heavy (non-hydrogen) atoms. The Balaban J connectivity index is 1.43. The van der Waals surface area contributed by atoms with Crippen molar-refractivity contribution in [3.8, 4) is 17.2 Å². The van der Waals surface area contributed by atoms with E-state index in [1.165, 1.54) is 0 Å². The molecule has 2 atom stereocenters. The van der Waals surface area contributed by atoms with Gasteiger partial charge in [-0.1, -0.05) is 18.2 Å². The van der Waals surface area contributed by atoms with Gasteiger partial charge in [-0.2, -0.15) is 0 Å². The van der Waals surface area contributed by atoms with Crippen LogP contribution in [0, 0.1) is 0 Å². The van der Waals surface area contributed by atoms with Crippen molar-refractivity contribution < 1.29 is 24.1 Å². The lowest BCUT2D eigenvalue weighted by molar-refractivity contribution is 0.0426. The van der Waals surface area contributed by atoms with E-state index in [1.54, 1.807) is 21.3 Å². The van der Waals surface area contributed by atoms with E-state index in [9.17, 15) is 9.90 Å². The maximum Gasteiger partial charge on any atom is 0.251 e. The summed E-state index contributed by atoms with van der Waals surface area (Å²) >= 11 is 0. The maximum absolute atomic E-state index is 12.4. The van der Waals surface area contributed by atoms with Crippen LogP contribution in [0.3, 0.4) is 0 Å². The number of nitrogens with one attached hydrogen (secondary N) is 1.